The monoisotopic (exact) mass is 342 g/mol. The number of anilines is 1. The van der Waals surface area contributed by atoms with E-state index in [1.807, 2.05) is 63.4 Å². The number of hydrogen-bond donors (Lipinski definition) is 0. The Kier molecular flexibility index (Phi) is 4.74. The van der Waals surface area contributed by atoms with Gasteiger partial charge in [-0.2, -0.15) is 5.10 Å². The minimum atomic E-state index is 0.0271. The zero-order valence-electron chi connectivity index (χ0n) is 15.6. The average molecular weight is 342 g/mol. The maximum absolute atomic E-state index is 12.3. The fraction of sp³-hybridized carbons (Fsp3) is 0.556. The van der Waals surface area contributed by atoms with Crippen LogP contribution in [0.1, 0.15) is 31.9 Å². The number of aromatic nitrogens is 4. The number of rotatable bonds is 4. The number of aryl methyl sites for hydroxylation is 1. The molecule has 2 aromatic heterocycles. The first-order valence-electron chi connectivity index (χ1n) is 8.69. The van der Waals surface area contributed by atoms with E-state index in [4.69, 9.17) is 4.98 Å². The number of likely N-dealkylation sites (tertiary alicyclic amines) is 1. The molecule has 0 aromatic carbocycles. The number of carbonyl (C=O) groups excluding carboxylic acids is 1. The second-order valence-corrected chi connectivity index (χ2v) is 7.19. The van der Waals surface area contributed by atoms with Gasteiger partial charge in [0.1, 0.15) is 0 Å². The highest BCUT2D eigenvalue weighted by molar-refractivity contribution is 5.78. The lowest BCUT2D eigenvalue weighted by molar-refractivity contribution is -0.133. The van der Waals surface area contributed by atoms with Crippen molar-refractivity contribution in [2.24, 2.45) is 13.0 Å². The quantitative estimate of drug-likeness (QED) is 0.849. The van der Waals surface area contributed by atoms with Gasteiger partial charge in [0.15, 0.2) is 0 Å². The molecular formula is C18H26N6O. The van der Waals surface area contributed by atoms with E-state index in [0.717, 1.165) is 29.8 Å². The van der Waals surface area contributed by atoms with Gasteiger partial charge in [0.05, 0.1) is 11.9 Å². The van der Waals surface area contributed by atoms with E-state index < -0.39 is 0 Å². The summed E-state index contributed by atoms with van der Waals surface area (Å²) in [4.78, 5) is 25.5. The minimum Gasteiger partial charge on any atom is -0.347 e. The Morgan fingerprint density at radius 2 is 2.08 bits per heavy atom. The largest absolute Gasteiger partial charge is 0.347 e. The van der Waals surface area contributed by atoms with E-state index in [1.54, 1.807) is 4.68 Å². The molecule has 7 nitrogen and oxygen atoms in total. The zero-order chi connectivity index (χ0) is 18.1. The van der Waals surface area contributed by atoms with Crippen LogP contribution in [0.2, 0.25) is 0 Å². The lowest BCUT2D eigenvalue weighted by Gasteiger charge is -2.20. The van der Waals surface area contributed by atoms with Gasteiger partial charge >= 0.3 is 0 Å². The summed E-state index contributed by atoms with van der Waals surface area (Å²) < 4.78 is 1.78. The van der Waals surface area contributed by atoms with Crippen LogP contribution in [0.5, 0.6) is 0 Å². The third-order valence-electron chi connectivity index (χ3n) is 4.60. The van der Waals surface area contributed by atoms with Crippen LogP contribution in [0, 0.1) is 5.92 Å². The summed E-state index contributed by atoms with van der Waals surface area (Å²) in [6.07, 6.45) is 6.62. The molecule has 3 rings (SSSR count). The molecule has 0 aliphatic carbocycles. The second-order valence-electron chi connectivity index (χ2n) is 7.19. The Morgan fingerprint density at radius 1 is 1.32 bits per heavy atom. The van der Waals surface area contributed by atoms with Crippen molar-refractivity contribution in [3.05, 3.63) is 24.3 Å². The molecule has 0 spiro atoms. The van der Waals surface area contributed by atoms with E-state index >= 15 is 0 Å². The van der Waals surface area contributed by atoms with E-state index in [1.165, 1.54) is 0 Å². The predicted octanol–water partition coefficient (Wildman–Crippen LogP) is 1.91. The van der Waals surface area contributed by atoms with Gasteiger partial charge < -0.3 is 9.80 Å². The van der Waals surface area contributed by atoms with Gasteiger partial charge in [-0.15, -0.1) is 0 Å². The molecule has 1 amide bonds. The van der Waals surface area contributed by atoms with Crippen molar-refractivity contribution in [3.63, 3.8) is 0 Å². The average Bonchev–Trinajstić information content (AvgIpc) is 3.22. The van der Waals surface area contributed by atoms with Crippen LogP contribution in [0.15, 0.2) is 18.6 Å². The molecule has 1 unspecified atom stereocenters. The topological polar surface area (TPSA) is 67.2 Å². The Bertz CT molecular complexity index is 767. The van der Waals surface area contributed by atoms with Crippen LogP contribution in [0.25, 0.3) is 11.1 Å². The van der Waals surface area contributed by atoms with E-state index in [-0.39, 0.29) is 17.7 Å². The van der Waals surface area contributed by atoms with Crippen LogP contribution >= 0.6 is 0 Å². The molecule has 25 heavy (non-hydrogen) atoms. The van der Waals surface area contributed by atoms with Crippen LogP contribution in [-0.2, 0) is 11.8 Å². The molecule has 7 heteroatoms. The van der Waals surface area contributed by atoms with Crippen LogP contribution in [0.3, 0.4) is 0 Å². The summed E-state index contributed by atoms with van der Waals surface area (Å²) in [6.45, 7) is 5.40. The molecule has 3 heterocycles. The van der Waals surface area contributed by atoms with Gasteiger partial charge in [0, 0.05) is 69.6 Å². The zero-order valence-corrected chi connectivity index (χ0v) is 15.6. The summed E-state index contributed by atoms with van der Waals surface area (Å²) in [5.41, 5.74) is 3.02. The SMILES string of the molecule is CC(C)C(=O)N1CCC(c2nc(N(C)C)ncc2-c2cnn(C)c2)C1. The van der Waals surface area contributed by atoms with Gasteiger partial charge in [-0.3, -0.25) is 9.48 Å². The van der Waals surface area contributed by atoms with E-state index in [2.05, 4.69) is 10.1 Å². The molecule has 1 fully saturated rings. The minimum absolute atomic E-state index is 0.0271. The summed E-state index contributed by atoms with van der Waals surface area (Å²) in [6, 6.07) is 0. The number of carbonyl (C=O) groups is 1. The number of hydrogen-bond acceptors (Lipinski definition) is 5. The molecule has 1 saturated heterocycles. The Hall–Kier alpha value is -2.44. The van der Waals surface area contributed by atoms with Crippen molar-refractivity contribution < 1.29 is 4.79 Å². The molecule has 0 bridgehead atoms. The van der Waals surface area contributed by atoms with Crippen LogP contribution in [-0.4, -0.2) is 57.7 Å². The van der Waals surface area contributed by atoms with Gasteiger partial charge in [0.2, 0.25) is 11.9 Å². The third kappa shape index (κ3) is 3.50. The highest BCUT2D eigenvalue weighted by Gasteiger charge is 2.31. The fourth-order valence-electron chi connectivity index (χ4n) is 3.24. The molecule has 2 aromatic rings. The van der Waals surface area contributed by atoms with Gasteiger partial charge in [-0.1, -0.05) is 13.8 Å². The van der Waals surface area contributed by atoms with Crippen molar-refractivity contribution in [2.75, 3.05) is 32.1 Å². The van der Waals surface area contributed by atoms with Crippen molar-refractivity contribution in [2.45, 2.75) is 26.2 Å². The Balaban J connectivity index is 1.96. The summed E-state index contributed by atoms with van der Waals surface area (Å²) in [5, 5.41) is 4.27. The highest BCUT2D eigenvalue weighted by atomic mass is 16.2. The highest BCUT2D eigenvalue weighted by Crippen LogP contribution is 2.34. The van der Waals surface area contributed by atoms with Crippen molar-refractivity contribution in [1.82, 2.24) is 24.6 Å². The molecule has 134 valence electrons. The Morgan fingerprint density at radius 3 is 2.68 bits per heavy atom. The number of amides is 1. The Labute approximate surface area is 148 Å². The van der Waals surface area contributed by atoms with Crippen LogP contribution in [0.4, 0.5) is 5.95 Å². The smallest absolute Gasteiger partial charge is 0.225 e. The predicted molar refractivity (Wildman–Crippen MR) is 97.3 cm³/mol. The van der Waals surface area contributed by atoms with Crippen molar-refractivity contribution >= 4 is 11.9 Å². The molecule has 0 N–H and O–H groups in total. The van der Waals surface area contributed by atoms with E-state index in [9.17, 15) is 4.79 Å². The van der Waals surface area contributed by atoms with Gasteiger partial charge in [-0.25, -0.2) is 9.97 Å². The first-order chi connectivity index (χ1) is 11.9. The summed E-state index contributed by atoms with van der Waals surface area (Å²) in [5.74, 6) is 1.16. The fourth-order valence-corrected chi connectivity index (χ4v) is 3.24. The maximum Gasteiger partial charge on any atom is 0.225 e. The molecular weight excluding hydrogens is 316 g/mol. The summed E-state index contributed by atoms with van der Waals surface area (Å²) >= 11 is 0. The van der Waals surface area contributed by atoms with Gasteiger partial charge in [0.25, 0.3) is 0 Å². The third-order valence-corrected chi connectivity index (χ3v) is 4.60. The normalized spacial score (nSPS) is 17.4. The van der Waals surface area contributed by atoms with Crippen molar-refractivity contribution in [1.29, 1.82) is 0 Å². The lowest BCUT2D eigenvalue weighted by atomic mass is 9.97. The number of nitrogens with zero attached hydrogens (tertiary/aromatic N) is 6. The molecule has 0 radical (unpaired) electrons. The second kappa shape index (κ2) is 6.82. The van der Waals surface area contributed by atoms with Crippen molar-refractivity contribution in [3.8, 4) is 11.1 Å². The molecule has 0 saturated carbocycles. The standard InChI is InChI=1S/C18H26N6O/c1-12(2)17(25)24-7-6-13(11-24)16-15(14-8-20-23(5)10-14)9-19-18(21-16)22(3)4/h8-10,12-13H,6-7,11H2,1-5H3. The molecule has 1 atom stereocenters. The van der Waals surface area contributed by atoms with E-state index in [0.29, 0.717) is 12.5 Å². The lowest BCUT2D eigenvalue weighted by Crippen LogP contribution is -2.32. The van der Waals surface area contributed by atoms with Crippen LogP contribution < -0.4 is 4.90 Å². The first-order valence-corrected chi connectivity index (χ1v) is 8.69. The first kappa shape index (κ1) is 17.4. The maximum atomic E-state index is 12.3. The molecule has 1 aliphatic rings. The summed E-state index contributed by atoms with van der Waals surface area (Å²) in [7, 11) is 5.77. The van der Waals surface area contributed by atoms with Gasteiger partial charge in [-0.05, 0) is 6.42 Å². The molecule has 1 aliphatic heterocycles.